The van der Waals surface area contributed by atoms with Gasteiger partial charge in [0.15, 0.2) is 16.7 Å². The van der Waals surface area contributed by atoms with E-state index in [0.29, 0.717) is 33.2 Å². The van der Waals surface area contributed by atoms with Crippen LogP contribution in [-0.2, 0) is 4.79 Å². The van der Waals surface area contributed by atoms with Crippen LogP contribution in [0.1, 0.15) is 31.9 Å². The second kappa shape index (κ2) is 9.90. The molecule has 1 N–H and O–H groups in total. The number of halogens is 2. The molecule has 3 rings (SSSR count). The van der Waals surface area contributed by atoms with E-state index in [-0.39, 0.29) is 12.0 Å². The van der Waals surface area contributed by atoms with Crippen molar-refractivity contribution in [2.45, 2.75) is 33.8 Å². The van der Waals surface area contributed by atoms with Crippen molar-refractivity contribution in [3.63, 3.8) is 0 Å². The third-order valence-corrected chi connectivity index (χ3v) is 6.00. The van der Waals surface area contributed by atoms with Crippen molar-refractivity contribution in [2.24, 2.45) is 4.99 Å². The van der Waals surface area contributed by atoms with E-state index in [1.165, 1.54) is 11.8 Å². The minimum absolute atomic E-state index is 0.00888. The maximum Gasteiger partial charge on any atom is 0.264 e. The molecule has 1 aliphatic rings. The molecule has 158 valence electrons. The average Bonchev–Trinajstić information content (AvgIpc) is 3.01. The van der Waals surface area contributed by atoms with Crippen molar-refractivity contribution < 1.29 is 14.3 Å². The lowest BCUT2D eigenvalue weighted by molar-refractivity contribution is -0.115. The summed E-state index contributed by atoms with van der Waals surface area (Å²) in [5.41, 5.74) is 2.41. The first-order chi connectivity index (χ1) is 14.3. The van der Waals surface area contributed by atoms with Crippen LogP contribution in [0.2, 0.25) is 5.02 Å². The predicted molar refractivity (Wildman–Crippen MR) is 128 cm³/mol. The monoisotopic (exact) mass is 508 g/mol. The number of amides is 1. The maximum atomic E-state index is 12.5. The van der Waals surface area contributed by atoms with Crippen molar-refractivity contribution >= 4 is 62.1 Å². The highest BCUT2D eigenvalue weighted by atomic mass is 79.9. The van der Waals surface area contributed by atoms with Crippen LogP contribution in [0, 0.1) is 6.92 Å². The van der Waals surface area contributed by atoms with E-state index in [0.717, 1.165) is 21.3 Å². The largest absolute Gasteiger partial charge is 0.490 e. The number of nitrogens with zero attached hydrogens (tertiary/aromatic N) is 1. The first kappa shape index (κ1) is 22.7. The molecule has 30 heavy (non-hydrogen) atoms. The fourth-order valence-electron chi connectivity index (χ4n) is 2.74. The van der Waals surface area contributed by atoms with E-state index in [1.54, 1.807) is 6.08 Å². The summed E-state index contributed by atoms with van der Waals surface area (Å²) in [4.78, 5) is 17.5. The van der Waals surface area contributed by atoms with Gasteiger partial charge in [-0.15, -0.1) is 0 Å². The van der Waals surface area contributed by atoms with Crippen LogP contribution in [0.15, 0.2) is 44.7 Å². The summed E-state index contributed by atoms with van der Waals surface area (Å²) in [6.07, 6.45) is 1.81. The van der Waals surface area contributed by atoms with Gasteiger partial charge in [0.2, 0.25) is 0 Å². The highest BCUT2D eigenvalue weighted by molar-refractivity contribution is 9.10. The first-order valence-electron chi connectivity index (χ1n) is 9.46. The van der Waals surface area contributed by atoms with E-state index in [1.807, 2.05) is 58.0 Å². The zero-order valence-corrected chi connectivity index (χ0v) is 20.2. The van der Waals surface area contributed by atoms with E-state index >= 15 is 0 Å². The SMILES string of the molecule is CCOc1cc(/C=C2/SC(=Nc3cccc(Cl)c3C)NC2=O)cc(Br)c1OC(C)C. The summed E-state index contributed by atoms with van der Waals surface area (Å²) in [7, 11) is 0. The number of carbonyl (C=O) groups excluding carboxylic acids is 1. The first-order valence-corrected chi connectivity index (χ1v) is 11.4. The Morgan fingerprint density at radius 2 is 2.10 bits per heavy atom. The fourth-order valence-corrected chi connectivity index (χ4v) is 4.30. The average molecular weight is 510 g/mol. The van der Waals surface area contributed by atoms with Crippen molar-refractivity contribution in [2.75, 3.05) is 6.61 Å². The molecule has 2 aromatic rings. The third kappa shape index (κ3) is 5.39. The molecule has 1 fully saturated rings. The van der Waals surface area contributed by atoms with Crippen LogP contribution in [0.5, 0.6) is 11.5 Å². The van der Waals surface area contributed by atoms with Crippen molar-refractivity contribution in [1.29, 1.82) is 0 Å². The molecule has 5 nitrogen and oxygen atoms in total. The standard InChI is InChI=1S/C22H22BrClN2O3S/c1-5-28-18-10-14(9-15(23)20(18)29-12(2)3)11-19-21(27)26-22(30-19)25-17-8-6-7-16(24)13(17)4/h6-12H,5H2,1-4H3,(H,25,26,27)/b19-11+. The summed E-state index contributed by atoms with van der Waals surface area (Å²) in [6, 6.07) is 9.27. The Morgan fingerprint density at radius 3 is 2.80 bits per heavy atom. The number of hydrogen-bond donors (Lipinski definition) is 1. The molecule has 0 unspecified atom stereocenters. The third-order valence-electron chi connectivity index (χ3n) is 4.09. The number of benzene rings is 2. The summed E-state index contributed by atoms with van der Waals surface area (Å²) < 4.78 is 12.4. The van der Waals surface area contributed by atoms with Crippen molar-refractivity contribution in [1.82, 2.24) is 5.32 Å². The van der Waals surface area contributed by atoms with Crippen LogP contribution in [0.25, 0.3) is 6.08 Å². The normalized spacial score (nSPS) is 16.4. The number of rotatable bonds is 6. The number of ether oxygens (including phenoxy) is 2. The summed E-state index contributed by atoms with van der Waals surface area (Å²) in [5, 5.41) is 3.96. The van der Waals surface area contributed by atoms with Gasteiger partial charge in [-0.25, -0.2) is 4.99 Å². The van der Waals surface area contributed by atoms with Gasteiger partial charge in [-0.05, 0) is 96.9 Å². The molecular weight excluding hydrogens is 488 g/mol. The van der Waals surface area contributed by atoms with Gasteiger partial charge in [0.1, 0.15) is 0 Å². The second-order valence-corrected chi connectivity index (χ2v) is 9.09. The topological polar surface area (TPSA) is 59.9 Å². The molecule has 0 bridgehead atoms. The Kier molecular flexibility index (Phi) is 7.50. The predicted octanol–water partition coefficient (Wildman–Crippen LogP) is 6.49. The van der Waals surface area contributed by atoms with E-state index in [9.17, 15) is 4.79 Å². The molecule has 1 saturated heterocycles. The smallest absolute Gasteiger partial charge is 0.264 e. The lowest BCUT2D eigenvalue weighted by Crippen LogP contribution is -2.19. The molecule has 0 radical (unpaired) electrons. The number of carbonyl (C=O) groups is 1. The Balaban J connectivity index is 1.90. The lowest BCUT2D eigenvalue weighted by Gasteiger charge is -2.17. The number of aliphatic imine (C=N–C) groups is 1. The van der Waals surface area contributed by atoms with Gasteiger partial charge in [-0.2, -0.15) is 0 Å². The Labute approximate surface area is 194 Å². The number of hydrogen-bond acceptors (Lipinski definition) is 5. The molecule has 0 spiro atoms. The van der Waals surface area contributed by atoms with Crippen LogP contribution in [-0.4, -0.2) is 23.8 Å². The molecule has 0 atom stereocenters. The molecule has 2 aromatic carbocycles. The summed E-state index contributed by atoms with van der Waals surface area (Å²) in [6.45, 7) is 8.23. The van der Waals surface area contributed by atoms with Gasteiger partial charge in [-0.3, -0.25) is 4.79 Å². The van der Waals surface area contributed by atoms with E-state index in [2.05, 4.69) is 26.2 Å². The molecule has 1 amide bonds. The van der Waals surface area contributed by atoms with Crippen molar-refractivity contribution in [3.05, 3.63) is 55.9 Å². The zero-order valence-electron chi connectivity index (χ0n) is 17.1. The highest BCUT2D eigenvalue weighted by Gasteiger charge is 2.24. The van der Waals surface area contributed by atoms with E-state index in [4.69, 9.17) is 21.1 Å². The zero-order chi connectivity index (χ0) is 21.8. The van der Waals surface area contributed by atoms with Gasteiger partial charge in [0.25, 0.3) is 5.91 Å². The van der Waals surface area contributed by atoms with Gasteiger partial charge >= 0.3 is 0 Å². The molecule has 1 heterocycles. The molecule has 0 saturated carbocycles. The minimum atomic E-state index is -0.199. The highest BCUT2D eigenvalue weighted by Crippen LogP contribution is 2.39. The fraction of sp³-hybridized carbons (Fsp3) is 0.273. The quantitative estimate of drug-likeness (QED) is 0.452. The number of amidine groups is 1. The van der Waals surface area contributed by atoms with Crippen LogP contribution in [0.4, 0.5) is 5.69 Å². The van der Waals surface area contributed by atoms with Crippen molar-refractivity contribution in [3.8, 4) is 11.5 Å². The Bertz CT molecular complexity index is 1040. The molecule has 1 aliphatic heterocycles. The van der Waals surface area contributed by atoms with Crippen LogP contribution in [0.3, 0.4) is 0 Å². The van der Waals surface area contributed by atoms with Gasteiger partial charge in [0.05, 0.1) is 27.8 Å². The molecule has 0 aliphatic carbocycles. The van der Waals surface area contributed by atoms with Gasteiger partial charge in [0, 0.05) is 5.02 Å². The number of nitrogens with one attached hydrogen (secondary N) is 1. The Hall–Kier alpha value is -1.96. The maximum absolute atomic E-state index is 12.5. The van der Waals surface area contributed by atoms with E-state index < -0.39 is 0 Å². The summed E-state index contributed by atoms with van der Waals surface area (Å²) >= 11 is 11.0. The van der Waals surface area contributed by atoms with Crippen LogP contribution >= 0.6 is 39.3 Å². The van der Waals surface area contributed by atoms with Gasteiger partial charge in [-0.1, -0.05) is 17.7 Å². The molecular formula is C22H22BrClN2O3S. The molecule has 8 heteroatoms. The lowest BCUT2D eigenvalue weighted by atomic mass is 10.2. The second-order valence-electron chi connectivity index (χ2n) is 6.80. The Morgan fingerprint density at radius 1 is 1.33 bits per heavy atom. The minimum Gasteiger partial charge on any atom is -0.490 e. The number of thioether (sulfide) groups is 1. The van der Waals surface area contributed by atoms with Gasteiger partial charge < -0.3 is 14.8 Å². The molecule has 0 aromatic heterocycles. The van der Waals surface area contributed by atoms with Crippen LogP contribution < -0.4 is 14.8 Å². The summed E-state index contributed by atoms with van der Waals surface area (Å²) in [5.74, 6) is 1.07.